The van der Waals surface area contributed by atoms with Crippen molar-refractivity contribution in [2.45, 2.75) is 6.92 Å². The first-order chi connectivity index (χ1) is 4.22. The molecule has 0 radical (unpaired) electrons. The molecule has 0 aliphatic carbocycles. The highest BCUT2D eigenvalue weighted by Gasteiger charge is 1.98. The molecule has 2 nitrogen and oxygen atoms in total. The molecule has 1 N–H and O–H groups in total. The Bertz CT molecular complexity index is 158. The number of hydrogen-bond acceptors (Lipinski definition) is 1. The van der Waals surface area contributed by atoms with Crippen molar-refractivity contribution >= 4 is 17.6 Å². The molecule has 0 saturated carbocycles. The largest absolute Gasteiger partial charge is 0.478 e. The smallest absolute Gasteiger partial charge is 0.336 e. The Morgan fingerprint density at radius 2 is 2.22 bits per heavy atom. The summed E-state index contributed by atoms with van der Waals surface area (Å²) in [7, 11) is 0. The zero-order valence-corrected chi connectivity index (χ0v) is 5.72. The fourth-order valence-corrected chi connectivity index (χ4v) is 0.500. The molecular formula is C6H7ClO2. The third-order valence-corrected chi connectivity index (χ3v) is 0.946. The lowest BCUT2D eigenvalue weighted by atomic mass is 10.3. The third-order valence-electron chi connectivity index (χ3n) is 0.711. The van der Waals surface area contributed by atoms with E-state index in [0.29, 0.717) is 0 Å². The second-order valence-electron chi connectivity index (χ2n) is 1.37. The minimum absolute atomic E-state index is 0.0965. The maximum absolute atomic E-state index is 10.1. The molecule has 0 rings (SSSR count). The van der Waals surface area contributed by atoms with Gasteiger partial charge in [0.2, 0.25) is 0 Å². The lowest BCUT2D eigenvalue weighted by Gasteiger charge is -1.87. The van der Waals surface area contributed by atoms with E-state index >= 15 is 0 Å². The van der Waals surface area contributed by atoms with Gasteiger partial charge in [0.25, 0.3) is 0 Å². The molecule has 0 aromatic rings. The van der Waals surface area contributed by atoms with Crippen LogP contribution in [0, 0.1) is 0 Å². The minimum Gasteiger partial charge on any atom is -0.478 e. The first-order valence-electron chi connectivity index (χ1n) is 2.38. The SMILES string of the molecule is CC=CC(=CCl)C(=O)O. The van der Waals surface area contributed by atoms with Gasteiger partial charge in [-0.05, 0) is 6.92 Å². The number of carboxylic acids is 1. The summed E-state index contributed by atoms with van der Waals surface area (Å²) in [5.41, 5.74) is 1.13. The molecule has 0 fully saturated rings. The first-order valence-corrected chi connectivity index (χ1v) is 2.82. The Morgan fingerprint density at radius 1 is 1.67 bits per heavy atom. The van der Waals surface area contributed by atoms with Crippen LogP contribution in [0.15, 0.2) is 23.3 Å². The summed E-state index contributed by atoms with van der Waals surface area (Å²) in [6, 6.07) is 0. The summed E-state index contributed by atoms with van der Waals surface area (Å²) in [5, 5.41) is 8.30. The van der Waals surface area contributed by atoms with Gasteiger partial charge in [0.15, 0.2) is 0 Å². The summed E-state index contributed by atoms with van der Waals surface area (Å²) in [5.74, 6) is -1.01. The maximum atomic E-state index is 10.1. The van der Waals surface area contributed by atoms with E-state index in [4.69, 9.17) is 16.7 Å². The number of carboxylic acid groups (broad SMARTS) is 1. The Morgan fingerprint density at radius 3 is 2.33 bits per heavy atom. The topological polar surface area (TPSA) is 37.3 Å². The van der Waals surface area contributed by atoms with Gasteiger partial charge >= 0.3 is 5.97 Å². The van der Waals surface area contributed by atoms with Crippen LogP contribution in [0.4, 0.5) is 0 Å². The van der Waals surface area contributed by atoms with Crippen LogP contribution in [0.1, 0.15) is 6.92 Å². The Hall–Kier alpha value is -0.760. The Kier molecular flexibility index (Phi) is 3.80. The number of rotatable bonds is 2. The van der Waals surface area contributed by atoms with Crippen molar-refractivity contribution in [1.29, 1.82) is 0 Å². The number of halogens is 1. The maximum Gasteiger partial charge on any atom is 0.336 e. The third kappa shape index (κ3) is 2.93. The molecule has 9 heavy (non-hydrogen) atoms. The molecule has 0 aromatic heterocycles. The predicted molar refractivity (Wildman–Crippen MR) is 36.4 cm³/mol. The highest BCUT2D eigenvalue weighted by molar-refractivity contribution is 6.27. The molecule has 50 valence electrons. The highest BCUT2D eigenvalue weighted by Crippen LogP contribution is 1.98. The predicted octanol–water partition coefficient (Wildman–Crippen LogP) is 1.77. The molecule has 0 heterocycles. The second-order valence-corrected chi connectivity index (χ2v) is 1.59. The second kappa shape index (κ2) is 4.15. The van der Waals surface area contributed by atoms with E-state index in [0.717, 1.165) is 5.54 Å². The number of carbonyl (C=O) groups is 1. The van der Waals surface area contributed by atoms with Gasteiger partial charge in [-0.15, -0.1) is 0 Å². The lowest BCUT2D eigenvalue weighted by Crippen LogP contribution is -1.95. The fraction of sp³-hybridized carbons (Fsp3) is 0.167. The van der Waals surface area contributed by atoms with Crippen LogP contribution in [-0.4, -0.2) is 11.1 Å². The Balaban J connectivity index is 4.19. The molecule has 0 saturated heterocycles. The van der Waals surface area contributed by atoms with Gasteiger partial charge in [0.05, 0.1) is 5.57 Å². The van der Waals surface area contributed by atoms with Crippen LogP contribution in [0.3, 0.4) is 0 Å². The van der Waals surface area contributed by atoms with E-state index in [1.807, 2.05) is 0 Å². The quantitative estimate of drug-likeness (QED) is 0.476. The van der Waals surface area contributed by atoms with Crippen molar-refractivity contribution in [3.05, 3.63) is 23.3 Å². The summed E-state index contributed by atoms with van der Waals surface area (Å²) in [6.45, 7) is 1.73. The van der Waals surface area contributed by atoms with Crippen LogP contribution in [0.5, 0.6) is 0 Å². The normalized spacial score (nSPS) is 12.4. The van der Waals surface area contributed by atoms with Gasteiger partial charge in [-0.2, -0.15) is 0 Å². The van der Waals surface area contributed by atoms with E-state index in [-0.39, 0.29) is 5.57 Å². The molecular weight excluding hydrogens is 140 g/mol. The molecule has 0 amide bonds. The van der Waals surface area contributed by atoms with Crippen molar-refractivity contribution in [2.75, 3.05) is 0 Å². The first kappa shape index (κ1) is 8.24. The van der Waals surface area contributed by atoms with Crippen molar-refractivity contribution in [3.8, 4) is 0 Å². The van der Waals surface area contributed by atoms with E-state index < -0.39 is 5.97 Å². The molecule has 0 aromatic carbocycles. The van der Waals surface area contributed by atoms with Crippen LogP contribution < -0.4 is 0 Å². The zero-order valence-electron chi connectivity index (χ0n) is 4.97. The van der Waals surface area contributed by atoms with Crippen LogP contribution in [-0.2, 0) is 4.79 Å². The van der Waals surface area contributed by atoms with E-state index in [1.54, 1.807) is 13.0 Å². The molecule has 0 bridgehead atoms. The summed E-state index contributed by atoms with van der Waals surface area (Å²) >= 11 is 5.15. The summed E-state index contributed by atoms with van der Waals surface area (Å²) in [4.78, 5) is 10.1. The van der Waals surface area contributed by atoms with Gasteiger partial charge in [-0.1, -0.05) is 23.8 Å². The van der Waals surface area contributed by atoms with E-state index in [9.17, 15) is 4.79 Å². The molecule has 0 aliphatic rings. The van der Waals surface area contributed by atoms with Gasteiger partial charge in [0, 0.05) is 5.54 Å². The van der Waals surface area contributed by atoms with Gasteiger partial charge in [0.1, 0.15) is 0 Å². The lowest BCUT2D eigenvalue weighted by molar-refractivity contribution is -0.132. The van der Waals surface area contributed by atoms with Crippen molar-refractivity contribution in [3.63, 3.8) is 0 Å². The van der Waals surface area contributed by atoms with Crippen molar-refractivity contribution < 1.29 is 9.90 Å². The van der Waals surface area contributed by atoms with Gasteiger partial charge in [-0.25, -0.2) is 4.79 Å². The molecule has 0 aliphatic heterocycles. The average molecular weight is 147 g/mol. The standard InChI is InChI=1S/C6H7ClO2/c1-2-3-5(4-7)6(8)9/h2-4H,1H3,(H,8,9). The number of hydrogen-bond donors (Lipinski definition) is 1. The van der Waals surface area contributed by atoms with E-state index in [1.165, 1.54) is 6.08 Å². The van der Waals surface area contributed by atoms with Crippen LogP contribution in [0.25, 0.3) is 0 Å². The van der Waals surface area contributed by atoms with Crippen molar-refractivity contribution in [2.24, 2.45) is 0 Å². The zero-order chi connectivity index (χ0) is 7.28. The minimum atomic E-state index is -1.01. The summed E-state index contributed by atoms with van der Waals surface area (Å²) < 4.78 is 0. The number of aliphatic carboxylic acids is 1. The van der Waals surface area contributed by atoms with Gasteiger partial charge in [-0.3, -0.25) is 0 Å². The highest BCUT2D eigenvalue weighted by atomic mass is 35.5. The monoisotopic (exact) mass is 146 g/mol. The molecule has 0 unspecified atom stereocenters. The van der Waals surface area contributed by atoms with Crippen molar-refractivity contribution in [1.82, 2.24) is 0 Å². The van der Waals surface area contributed by atoms with Crippen LogP contribution >= 0.6 is 11.6 Å². The summed E-state index contributed by atoms with van der Waals surface area (Å²) in [6.07, 6.45) is 3.04. The molecule has 3 heteroatoms. The molecule has 0 atom stereocenters. The van der Waals surface area contributed by atoms with Gasteiger partial charge < -0.3 is 5.11 Å². The molecule has 0 spiro atoms. The average Bonchev–Trinajstić information content (AvgIpc) is 1.82. The van der Waals surface area contributed by atoms with Crippen LogP contribution in [0.2, 0.25) is 0 Å². The number of allylic oxidation sites excluding steroid dienone is 1. The fourth-order valence-electron chi connectivity index (χ4n) is 0.334. The Labute approximate surface area is 58.4 Å². The van der Waals surface area contributed by atoms with E-state index in [2.05, 4.69) is 0 Å².